The fourth-order valence-electron chi connectivity index (χ4n) is 3.65. The van der Waals surface area contributed by atoms with Gasteiger partial charge in [0.2, 0.25) is 0 Å². The number of carbonyl (C=O) groups is 3. The van der Waals surface area contributed by atoms with E-state index in [9.17, 15) is 19.5 Å². The van der Waals surface area contributed by atoms with Gasteiger partial charge in [-0.05, 0) is 64.7 Å². The molecule has 0 saturated heterocycles. The molecule has 0 fully saturated rings. The Morgan fingerprint density at radius 2 is 1.10 bits per heavy atom. The smallest absolute Gasteiger partial charge is 0.174 e. The van der Waals surface area contributed by atoms with Crippen LogP contribution < -0.4 is 14.2 Å². The molecule has 1 atom stereocenters. The summed E-state index contributed by atoms with van der Waals surface area (Å²) >= 11 is 0. The van der Waals surface area contributed by atoms with Crippen LogP contribution in [0.3, 0.4) is 0 Å². The number of rotatable bonds is 13. The van der Waals surface area contributed by atoms with E-state index in [-0.39, 0.29) is 6.61 Å². The Bertz CT molecular complexity index is 1310. The van der Waals surface area contributed by atoms with Crippen molar-refractivity contribution >= 4 is 35.6 Å². The zero-order valence-corrected chi connectivity index (χ0v) is 22.0. The maximum absolute atomic E-state index is 13.2. The van der Waals surface area contributed by atoms with Crippen LogP contribution in [0, 0.1) is 5.92 Å². The van der Waals surface area contributed by atoms with Crippen molar-refractivity contribution in [3.63, 3.8) is 0 Å². The monoisotopic (exact) mass is 526 g/mol. The molecule has 7 heteroatoms. The zero-order chi connectivity index (χ0) is 28.2. The van der Waals surface area contributed by atoms with E-state index in [1.807, 2.05) is 0 Å². The summed E-state index contributed by atoms with van der Waals surface area (Å²) < 4.78 is 15.7. The lowest BCUT2D eigenvalue weighted by molar-refractivity contribution is -0.134. The normalized spacial score (nSPS) is 12.1. The van der Waals surface area contributed by atoms with Crippen molar-refractivity contribution in [1.82, 2.24) is 0 Å². The van der Waals surface area contributed by atoms with Gasteiger partial charge in [0, 0.05) is 0 Å². The van der Waals surface area contributed by atoms with E-state index in [0.29, 0.717) is 33.9 Å². The summed E-state index contributed by atoms with van der Waals surface area (Å²) in [6.45, 7) is -0.0963. The molecule has 3 aromatic carbocycles. The minimum atomic E-state index is -1.55. The van der Waals surface area contributed by atoms with E-state index >= 15 is 0 Å². The fourth-order valence-corrected chi connectivity index (χ4v) is 3.65. The molecule has 0 saturated carbocycles. The van der Waals surface area contributed by atoms with Crippen LogP contribution in [0.25, 0.3) is 18.2 Å². The minimum Gasteiger partial charge on any atom is -0.497 e. The Morgan fingerprint density at radius 3 is 1.56 bits per heavy atom. The Hall–Kier alpha value is -4.75. The van der Waals surface area contributed by atoms with E-state index in [1.165, 1.54) is 44.6 Å². The first-order valence-electron chi connectivity index (χ1n) is 12.1. The molecule has 0 amide bonds. The van der Waals surface area contributed by atoms with Gasteiger partial charge in [0.05, 0.1) is 27.9 Å². The van der Waals surface area contributed by atoms with Gasteiger partial charge in [-0.1, -0.05) is 60.7 Å². The number of aliphatic hydroxyl groups is 1. The molecule has 3 aromatic rings. The van der Waals surface area contributed by atoms with Crippen LogP contribution in [0.1, 0.15) is 22.3 Å². The largest absolute Gasteiger partial charge is 0.497 e. The Labute approximate surface area is 227 Å². The van der Waals surface area contributed by atoms with Crippen LogP contribution in [0.2, 0.25) is 0 Å². The van der Waals surface area contributed by atoms with Gasteiger partial charge in [-0.3, -0.25) is 14.4 Å². The number of ether oxygens (including phenoxy) is 3. The van der Waals surface area contributed by atoms with Gasteiger partial charge < -0.3 is 19.3 Å². The first kappa shape index (κ1) is 28.8. The molecule has 0 spiro atoms. The molecule has 39 heavy (non-hydrogen) atoms. The molecule has 7 nitrogen and oxygen atoms in total. The summed E-state index contributed by atoms with van der Waals surface area (Å²) in [7, 11) is 4.58. The fraction of sp³-hybridized carbons (Fsp3) is 0.156. The van der Waals surface area contributed by atoms with Crippen LogP contribution in [0.4, 0.5) is 0 Å². The van der Waals surface area contributed by atoms with Crippen molar-refractivity contribution in [3.05, 3.63) is 107 Å². The molecular formula is C32H30O7. The van der Waals surface area contributed by atoms with Gasteiger partial charge in [-0.25, -0.2) is 0 Å². The summed E-state index contributed by atoms with van der Waals surface area (Å²) in [5, 5.41) is 9.21. The third kappa shape index (κ3) is 8.12. The van der Waals surface area contributed by atoms with Gasteiger partial charge in [0.1, 0.15) is 11.7 Å². The number of ketones is 3. The lowest BCUT2D eigenvalue weighted by atomic mass is 9.92. The SMILES string of the molecule is COc1ccc(/C=C/C(=O)C(C(=O)/C=C/c2ccc(CO)cc2)C(=O)/C=C/c2ccc(OC)c(OC)c2)cc1. The Morgan fingerprint density at radius 1 is 0.641 bits per heavy atom. The summed E-state index contributed by atoms with van der Waals surface area (Å²) in [5.41, 5.74) is 2.76. The summed E-state index contributed by atoms with van der Waals surface area (Å²) in [6, 6.07) is 19.0. The van der Waals surface area contributed by atoms with Gasteiger partial charge in [-0.2, -0.15) is 0 Å². The highest BCUT2D eigenvalue weighted by molar-refractivity contribution is 6.28. The van der Waals surface area contributed by atoms with Crippen LogP contribution in [-0.2, 0) is 21.0 Å². The lowest BCUT2D eigenvalue weighted by Gasteiger charge is -2.09. The van der Waals surface area contributed by atoms with E-state index in [0.717, 1.165) is 5.56 Å². The number of allylic oxidation sites excluding steroid dienone is 3. The van der Waals surface area contributed by atoms with Crippen LogP contribution in [0.15, 0.2) is 85.0 Å². The van der Waals surface area contributed by atoms with Crippen molar-refractivity contribution in [3.8, 4) is 17.2 Å². The summed E-state index contributed by atoms with van der Waals surface area (Å²) in [6.07, 6.45) is 8.26. The average molecular weight is 527 g/mol. The first-order chi connectivity index (χ1) is 18.9. The molecule has 0 aliphatic rings. The molecule has 3 rings (SSSR count). The molecule has 0 aliphatic heterocycles. The van der Waals surface area contributed by atoms with Gasteiger partial charge in [0.25, 0.3) is 0 Å². The molecule has 1 unspecified atom stereocenters. The van der Waals surface area contributed by atoms with Gasteiger partial charge in [-0.15, -0.1) is 0 Å². The third-order valence-corrected chi connectivity index (χ3v) is 5.86. The standard InChI is InChI=1S/C32H30O7/c1-37-26-14-8-23(9-15-26)11-17-28(35)32(27(34)16-10-22-4-6-25(21-33)7-5-22)29(36)18-12-24-13-19-30(38-2)31(20-24)39-3/h4-20,32-33H,21H2,1-3H3/b16-10+,17-11+,18-12+. The van der Waals surface area contributed by atoms with Gasteiger partial charge >= 0.3 is 0 Å². The Kier molecular flexibility index (Phi) is 10.5. The number of benzene rings is 3. The molecule has 0 heterocycles. The van der Waals surface area contributed by atoms with Crippen molar-refractivity contribution in [1.29, 1.82) is 0 Å². The topological polar surface area (TPSA) is 99.1 Å². The van der Waals surface area contributed by atoms with E-state index in [4.69, 9.17) is 14.2 Å². The lowest BCUT2D eigenvalue weighted by Crippen LogP contribution is -2.28. The van der Waals surface area contributed by atoms with Crippen molar-refractivity contribution in [2.45, 2.75) is 6.61 Å². The summed E-state index contributed by atoms with van der Waals surface area (Å²) in [4.78, 5) is 39.4. The molecule has 200 valence electrons. The molecule has 0 aromatic heterocycles. The highest BCUT2D eigenvalue weighted by Crippen LogP contribution is 2.28. The van der Waals surface area contributed by atoms with E-state index < -0.39 is 23.3 Å². The Balaban J connectivity index is 1.86. The van der Waals surface area contributed by atoms with Crippen LogP contribution >= 0.6 is 0 Å². The van der Waals surface area contributed by atoms with E-state index in [1.54, 1.807) is 79.9 Å². The van der Waals surface area contributed by atoms with Crippen LogP contribution in [-0.4, -0.2) is 43.8 Å². The molecule has 0 bridgehead atoms. The second-order valence-corrected chi connectivity index (χ2v) is 8.43. The number of hydrogen-bond donors (Lipinski definition) is 1. The third-order valence-electron chi connectivity index (χ3n) is 5.86. The molecule has 1 N–H and O–H groups in total. The predicted octanol–water partition coefficient (Wildman–Crippen LogP) is 4.97. The number of carbonyl (C=O) groups excluding carboxylic acids is 3. The molecule has 0 aliphatic carbocycles. The highest BCUT2D eigenvalue weighted by atomic mass is 16.5. The number of aliphatic hydroxyl groups excluding tert-OH is 1. The second-order valence-electron chi connectivity index (χ2n) is 8.43. The van der Waals surface area contributed by atoms with Crippen LogP contribution in [0.5, 0.6) is 17.2 Å². The quantitative estimate of drug-likeness (QED) is 0.248. The van der Waals surface area contributed by atoms with E-state index in [2.05, 4.69) is 0 Å². The van der Waals surface area contributed by atoms with Crippen molar-refractivity contribution in [2.24, 2.45) is 5.92 Å². The number of hydrogen-bond acceptors (Lipinski definition) is 7. The molecule has 0 radical (unpaired) electrons. The summed E-state index contributed by atoms with van der Waals surface area (Å²) in [5.74, 6) is -1.81. The average Bonchev–Trinajstić information content (AvgIpc) is 2.98. The highest BCUT2D eigenvalue weighted by Gasteiger charge is 2.29. The zero-order valence-electron chi connectivity index (χ0n) is 22.0. The predicted molar refractivity (Wildman–Crippen MR) is 151 cm³/mol. The van der Waals surface area contributed by atoms with Crippen molar-refractivity contribution in [2.75, 3.05) is 21.3 Å². The first-order valence-corrected chi connectivity index (χ1v) is 12.1. The second kappa shape index (κ2) is 14.3. The van der Waals surface area contributed by atoms with Gasteiger partial charge in [0.15, 0.2) is 28.8 Å². The minimum absolute atomic E-state index is 0.0963. The maximum atomic E-state index is 13.2. The van der Waals surface area contributed by atoms with Crippen molar-refractivity contribution < 1.29 is 33.7 Å². The number of methoxy groups -OCH3 is 3. The maximum Gasteiger partial charge on any atom is 0.174 e. The molecular weight excluding hydrogens is 496 g/mol.